The van der Waals surface area contributed by atoms with Gasteiger partial charge in [0.25, 0.3) is 0 Å². The van der Waals surface area contributed by atoms with Crippen LogP contribution < -0.4 is 4.72 Å². The lowest BCUT2D eigenvalue weighted by molar-refractivity contribution is -0.134. The summed E-state index contributed by atoms with van der Waals surface area (Å²) in [6.45, 7) is 0. The van der Waals surface area contributed by atoms with Gasteiger partial charge in [-0.05, 0) is 24.6 Å². The predicted molar refractivity (Wildman–Crippen MR) is 66.1 cm³/mol. The molecule has 0 unspecified atom stereocenters. The lowest BCUT2D eigenvalue weighted by Crippen LogP contribution is -2.19. The Hall–Kier alpha value is -1.84. The highest BCUT2D eigenvalue weighted by molar-refractivity contribution is 7.92. The van der Waals surface area contributed by atoms with E-state index in [0.717, 1.165) is 12.1 Å². The Balaban J connectivity index is 2.73. The molecule has 0 fully saturated rings. The van der Waals surface area contributed by atoms with E-state index < -0.39 is 52.3 Å². The fourth-order valence-electron chi connectivity index (χ4n) is 1.41. The Bertz CT molecular complexity index is 628. The van der Waals surface area contributed by atoms with Gasteiger partial charge in [-0.3, -0.25) is 4.72 Å². The summed E-state index contributed by atoms with van der Waals surface area (Å²) >= 11 is 0. The summed E-state index contributed by atoms with van der Waals surface area (Å²) in [5, 5.41) is 8.61. The first-order chi connectivity index (χ1) is 9.50. The fraction of sp³-hybridized carbons (Fsp3) is 0.364. The maximum Gasteiger partial charge on any atom is 0.389 e. The molecule has 0 aliphatic rings. The highest BCUT2D eigenvalue weighted by atomic mass is 32.2. The number of carbonyl (C=O) groups is 1. The molecular weight excluding hydrogens is 318 g/mol. The summed E-state index contributed by atoms with van der Waals surface area (Å²) in [6.07, 6.45) is -6.40. The molecule has 0 atom stereocenters. The molecule has 2 N–H and O–H groups in total. The number of nitrogens with one attached hydrogen (secondary N) is 1. The zero-order chi connectivity index (χ0) is 16.3. The lowest BCUT2D eigenvalue weighted by Gasteiger charge is -2.10. The topological polar surface area (TPSA) is 83.5 Å². The first kappa shape index (κ1) is 17.2. The molecule has 0 aliphatic carbocycles. The first-order valence-electron chi connectivity index (χ1n) is 5.60. The van der Waals surface area contributed by atoms with Crippen LogP contribution >= 0.6 is 0 Å². The molecule has 0 saturated carbocycles. The number of carboxylic acids is 1. The van der Waals surface area contributed by atoms with Crippen LogP contribution in [0.4, 0.5) is 23.2 Å². The third-order valence-electron chi connectivity index (χ3n) is 2.35. The van der Waals surface area contributed by atoms with Gasteiger partial charge in [-0.25, -0.2) is 17.6 Å². The molecule has 0 aromatic heterocycles. The van der Waals surface area contributed by atoms with Gasteiger partial charge in [0.1, 0.15) is 5.82 Å². The van der Waals surface area contributed by atoms with E-state index in [1.54, 1.807) is 4.72 Å². The van der Waals surface area contributed by atoms with E-state index in [1.807, 2.05) is 0 Å². The predicted octanol–water partition coefficient (Wildman–Crippen LogP) is 2.61. The minimum atomic E-state index is -4.47. The number of aromatic carboxylic acids is 1. The van der Waals surface area contributed by atoms with E-state index in [-0.39, 0.29) is 5.56 Å². The average Bonchev–Trinajstić information content (AvgIpc) is 2.29. The third-order valence-corrected chi connectivity index (χ3v) is 3.71. The molecular formula is C11H11F4NO4S. The van der Waals surface area contributed by atoms with Crippen molar-refractivity contribution in [2.24, 2.45) is 0 Å². The Labute approximate surface area is 117 Å². The largest absolute Gasteiger partial charge is 0.478 e. The molecule has 0 amide bonds. The molecule has 0 saturated heterocycles. The van der Waals surface area contributed by atoms with Gasteiger partial charge in [0.15, 0.2) is 0 Å². The zero-order valence-electron chi connectivity index (χ0n) is 10.4. The van der Waals surface area contributed by atoms with E-state index >= 15 is 0 Å². The van der Waals surface area contributed by atoms with E-state index in [2.05, 4.69) is 0 Å². The van der Waals surface area contributed by atoms with Crippen molar-refractivity contribution in [3.8, 4) is 0 Å². The average molecular weight is 329 g/mol. The number of hydrogen-bond donors (Lipinski definition) is 2. The molecule has 0 radical (unpaired) electrons. The van der Waals surface area contributed by atoms with Gasteiger partial charge < -0.3 is 5.11 Å². The van der Waals surface area contributed by atoms with Crippen molar-refractivity contribution in [2.75, 3.05) is 10.5 Å². The Morgan fingerprint density at radius 2 is 1.90 bits per heavy atom. The molecule has 1 aromatic carbocycles. The van der Waals surface area contributed by atoms with Gasteiger partial charge in [0.05, 0.1) is 17.0 Å². The normalized spacial score (nSPS) is 12.2. The van der Waals surface area contributed by atoms with Crippen molar-refractivity contribution >= 4 is 21.7 Å². The van der Waals surface area contributed by atoms with E-state index in [9.17, 15) is 30.8 Å². The maximum absolute atomic E-state index is 13.5. The monoisotopic (exact) mass is 329 g/mol. The number of halogens is 4. The van der Waals surface area contributed by atoms with Gasteiger partial charge in [-0.15, -0.1) is 0 Å². The zero-order valence-corrected chi connectivity index (χ0v) is 11.3. The van der Waals surface area contributed by atoms with E-state index in [1.165, 1.54) is 0 Å². The van der Waals surface area contributed by atoms with Crippen LogP contribution in [-0.4, -0.2) is 31.4 Å². The van der Waals surface area contributed by atoms with Crippen LogP contribution in [0.1, 0.15) is 23.2 Å². The third kappa shape index (κ3) is 5.98. The molecule has 1 aromatic rings. The summed E-state index contributed by atoms with van der Waals surface area (Å²) < 4.78 is 74.0. The van der Waals surface area contributed by atoms with E-state index in [4.69, 9.17) is 5.11 Å². The highest BCUT2D eigenvalue weighted by Gasteiger charge is 2.27. The van der Waals surface area contributed by atoms with E-state index in [0.29, 0.717) is 6.07 Å². The second-order valence-electron chi connectivity index (χ2n) is 4.14. The number of anilines is 1. The van der Waals surface area contributed by atoms with Crippen molar-refractivity contribution in [3.05, 3.63) is 29.6 Å². The molecule has 118 valence electrons. The van der Waals surface area contributed by atoms with Crippen LogP contribution in [0.15, 0.2) is 18.2 Å². The van der Waals surface area contributed by atoms with Gasteiger partial charge >= 0.3 is 12.1 Å². The summed E-state index contributed by atoms with van der Waals surface area (Å²) in [4.78, 5) is 10.6. The number of alkyl halides is 3. The molecule has 0 aliphatic heterocycles. The molecule has 5 nitrogen and oxygen atoms in total. The SMILES string of the molecule is O=C(O)c1ccc(NS(=O)(=O)CCCC(F)(F)F)c(F)c1. The summed E-state index contributed by atoms with van der Waals surface area (Å²) in [6, 6.07) is 2.47. The maximum atomic E-state index is 13.5. The Morgan fingerprint density at radius 1 is 1.29 bits per heavy atom. The lowest BCUT2D eigenvalue weighted by atomic mass is 10.2. The van der Waals surface area contributed by atoms with Crippen LogP contribution in [0, 0.1) is 5.82 Å². The Kier molecular flexibility index (Phi) is 5.15. The Morgan fingerprint density at radius 3 is 2.38 bits per heavy atom. The number of hydrogen-bond acceptors (Lipinski definition) is 3. The standard InChI is InChI=1S/C11H11F4NO4S/c12-8-6-7(10(17)18)2-3-9(8)16-21(19,20)5-1-4-11(13,14)15/h2-3,6,16H,1,4-5H2,(H,17,18). The number of sulfonamides is 1. The van der Waals surface area contributed by atoms with Crippen molar-refractivity contribution < 1.29 is 35.9 Å². The van der Waals surface area contributed by atoms with Crippen molar-refractivity contribution in [1.29, 1.82) is 0 Å². The van der Waals surface area contributed by atoms with Gasteiger partial charge in [0, 0.05) is 6.42 Å². The quantitative estimate of drug-likeness (QED) is 0.786. The van der Waals surface area contributed by atoms with Gasteiger partial charge in [-0.2, -0.15) is 13.2 Å². The molecule has 1 rings (SSSR count). The molecule has 21 heavy (non-hydrogen) atoms. The summed E-state index contributed by atoms with van der Waals surface area (Å²) in [5.74, 6) is -3.35. The molecule has 10 heteroatoms. The minimum Gasteiger partial charge on any atom is -0.478 e. The number of benzene rings is 1. The van der Waals surface area contributed by atoms with Crippen LogP contribution in [0.3, 0.4) is 0 Å². The van der Waals surface area contributed by atoms with Crippen molar-refractivity contribution in [1.82, 2.24) is 0 Å². The number of rotatable bonds is 6. The molecule has 0 heterocycles. The van der Waals surface area contributed by atoms with Crippen molar-refractivity contribution in [2.45, 2.75) is 19.0 Å². The van der Waals surface area contributed by atoms with Crippen molar-refractivity contribution in [3.63, 3.8) is 0 Å². The summed E-state index contributed by atoms with van der Waals surface area (Å²) in [7, 11) is -4.15. The molecule has 0 spiro atoms. The second-order valence-corrected chi connectivity index (χ2v) is 5.98. The van der Waals surface area contributed by atoms with Crippen LogP contribution in [0.2, 0.25) is 0 Å². The highest BCUT2D eigenvalue weighted by Crippen LogP contribution is 2.22. The molecule has 0 bridgehead atoms. The summed E-state index contributed by atoms with van der Waals surface area (Å²) in [5.41, 5.74) is -0.903. The van der Waals surface area contributed by atoms with Gasteiger partial charge in [0.2, 0.25) is 10.0 Å². The van der Waals surface area contributed by atoms with Gasteiger partial charge in [-0.1, -0.05) is 0 Å². The first-order valence-corrected chi connectivity index (χ1v) is 7.25. The van der Waals surface area contributed by atoms with Crippen LogP contribution in [0.25, 0.3) is 0 Å². The van der Waals surface area contributed by atoms with Crippen LogP contribution in [0.5, 0.6) is 0 Å². The van der Waals surface area contributed by atoms with Crippen LogP contribution in [-0.2, 0) is 10.0 Å². The fourth-order valence-corrected chi connectivity index (χ4v) is 2.54. The number of carboxylic acid groups (broad SMARTS) is 1. The smallest absolute Gasteiger partial charge is 0.389 e. The minimum absolute atomic E-state index is 0.382. The second kappa shape index (κ2) is 6.29.